The van der Waals surface area contributed by atoms with Gasteiger partial charge >= 0.3 is 6.18 Å². The number of nitrogens with one attached hydrogen (secondary N) is 1. The minimum absolute atomic E-state index is 0.237. The number of fused-ring (bicyclic) bond motifs is 1. The fourth-order valence-electron chi connectivity index (χ4n) is 2.22. The van der Waals surface area contributed by atoms with Crippen molar-refractivity contribution in [1.29, 1.82) is 0 Å². The van der Waals surface area contributed by atoms with E-state index >= 15 is 0 Å². The summed E-state index contributed by atoms with van der Waals surface area (Å²) in [4.78, 5) is 0. The topological polar surface area (TPSA) is 12.0 Å². The predicted molar refractivity (Wildman–Crippen MR) is 71.0 cm³/mol. The maximum Gasteiger partial charge on any atom is 0.410 e. The third-order valence-corrected chi connectivity index (χ3v) is 3.42. The number of halogens is 3. The van der Waals surface area contributed by atoms with Crippen LogP contribution in [-0.2, 0) is 5.54 Å². The van der Waals surface area contributed by atoms with Crippen molar-refractivity contribution >= 4 is 10.8 Å². The SMILES string of the molecule is CCNC(C)(c1ccc2ccccc2c1)C(F)(F)F. The van der Waals surface area contributed by atoms with Crippen LogP contribution in [0.5, 0.6) is 0 Å². The molecule has 0 aliphatic heterocycles. The maximum atomic E-state index is 13.3. The van der Waals surface area contributed by atoms with Crippen LogP contribution in [0.25, 0.3) is 10.8 Å². The largest absolute Gasteiger partial charge is 0.410 e. The molecule has 0 heterocycles. The van der Waals surface area contributed by atoms with Gasteiger partial charge in [-0.05, 0) is 35.9 Å². The van der Waals surface area contributed by atoms with Crippen LogP contribution in [0.15, 0.2) is 42.5 Å². The molecular weight excluding hydrogens is 251 g/mol. The Morgan fingerprint density at radius 3 is 2.21 bits per heavy atom. The van der Waals surface area contributed by atoms with Gasteiger partial charge in [-0.25, -0.2) is 0 Å². The van der Waals surface area contributed by atoms with Crippen LogP contribution < -0.4 is 5.32 Å². The molecule has 2 rings (SSSR count). The molecule has 19 heavy (non-hydrogen) atoms. The van der Waals surface area contributed by atoms with Crippen LogP contribution in [-0.4, -0.2) is 12.7 Å². The minimum Gasteiger partial charge on any atom is -0.300 e. The first-order valence-corrected chi connectivity index (χ1v) is 6.19. The van der Waals surface area contributed by atoms with Crippen LogP contribution in [0.2, 0.25) is 0 Å². The van der Waals surface area contributed by atoms with Gasteiger partial charge in [0.1, 0.15) is 5.54 Å². The lowest BCUT2D eigenvalue weighted by atomic mass is 9.89. The molecule has 1 unspecified atom stereocenters. The molecule has 1 nitrogen and oxygen atoms in total. The summed E-state index contributed by atoms with van der Waals surface area (Å²) in [5.41, 5.74) is -1.79. The Labute approximate surface area is 110 Å². The summed E-state index contributed by atoms with van der Waals surface area (Å²) in [7, 11) is 0. The van der Waals surface area contributed by atoms with E-state index in [0.717, 1.165) is 10.8 Å². The van der Waals surface area contributed by atoms with E-state index in [1.54, 1.807) is 25.1 Å². The van der Waals surface area contributed by atoms with Gasteiger partial charge in [-0.1, -0.05) is 43.3 Å². The summed E-state index contributed by atoms with van der Waals surface area (Å²) in [6, 6.07) is 12.3. The highest BCUT2D eigenvalue weighted by Crippen LogP contribution is 2.39. The van der Waals surface area contributed by atoms with E-state index in [0.29, 0.717) is 0 Å². The van der Waals surface area contributed by atoms with Gasteiger partial charge in [0.2, 0.25) is 0 Å². The highest BCUT2D eigenvalue weighted by Gasteiger charge is 2.51. The molecule has 0 aliphatic carbocycles. The van der Waals surface area contributed by atoms with Crippen molar-refractivity contribution in [1.82, 2.24) is 5.32 Å². The van der Waals surface area contributed by atoms with Gasteiger partial charge in [0, 0.05) is 0 Å². The fourth-order valence-corrected chi connectivity index (χ4v) is 2.22. The fraction of sp³-hybridized carbons (Fsp3) is 0.333. The second kappa shape index (κ2) is 4.85. The molecule has 0 bridgehead atoms. The molecule has 4 heteroatoms. The van der Waals surface area contributed by atoms with Gasteiger partial charge in [-0.15, -0.1) is 0 Å². The van der Waals surface area contributed by atoms with E-state index in [1.807, 2.05) is 24.3 Å². The molecule has 0 aliphatic rings. The van der Waals surface area contributed by atoms with Crippen LogP contribution in [0, 0.1) is 0 Å². The highest BCUT2D eigenvalue weighted by molar-refractivity contribution is 5.83. The number of alkyl halides is 3. The zero-order valence-electron chi connectivity index (χ0n) is 10.9. The van der Waals surface area contributed by atoms with Gasteiger partial charge in [-0.2, -0.15) is 13.2 Å². The second-order valence-electron chi connectivity index (χ2n) is 4.72. The number of rotatable bonds is 3. The summed E-state index contributed by atoms with van der Waals surface area (Å²) in [6.45, 7) is 3.11. The summed E-state index contributed by atoms with van der Waals surface area (Å²) >= 11 is 0. The van der Waals surface area contributed by atoms with Crippen molar-refractivity contribution in [3.05, 3.63) is 48.0 Å². The summed E-state index contributed by atoms with van der Waals surface area (Å²) in [5, 5.41) is 4.31. The Hall–Kier alpha value is -1.55. The molecule has 0 radical (unpaired) electrons. The van der Waals surface area contributed by atoms with E-state index in [2.05, 4.69) is 5.32 Å². The first kappa shape index (κ1) is 13.9. The molecular formula is C15H16F3N. The molecule has 0 saturated heterocycles. The van der Waals surface area contributed by atoms with Crippen LogP contribution in [0.4, 0.5) is 13.2 Å². The predicted octanol–water partition coefficient (Wildman–Crippen LogP) is 4.23. The molecule has 2 aromatic rings. The number of benzene rings is 2. The third kappa shape index (κ3) is 2.45. The molecule has 0 saturated carbocycles. The molecule has 0 fully saturated rings. The molecule has 102 valence electrons. The lowest BCUT2D eigenvalue weighted by molar-refractivity contribution is -0.195. The third-order valence-electron chi connectivity index (χ3n) is 3.42. The van der Waals surface area contributed by atoms with Crippen molar-refractivity contribution in [2.24, 2.45) is 0 Å². The van der Waals surface area contributed by atoms with Crippen molar-refractivity contribution in [2.75, 3.05) is 6.54 Å². The molecule has 1 atom stereocenters. The normalized spacial score (nSPS) is 15.4. The van der Waals surface area contributed by atoms with Crippen LogP contribution in [0.3, 0.4) is 0 Å². The highest BCUT2D eigenvalue weighted by atomic mass is 19.4. The molecule has 0 spiro atoms. The van der Waals surface area contributed by atoms with Gasteiger partial charge in [0.25, 0.3) is 0 Å². The second-order valence-corrected chi connectivity index (χ2v) is 4.72. The average molecular weight is 267 g/mol. The Kier molecular flexibility index (Phi) is 3.54. The first-order chi connectivity index (χ1) is 8.88. The lowest BCUT2D eigenvalue weighted by Gasteiger charge is -2.33. The van der Waals surface area contributed by atoms with Crippen molar-refractivity contribution in [3.8, 4) is 0 Å². The Bertz CT molecular complexity index is 577. The minimum atomic E-state index is -4.34. The zero-order valence-corrected chi connectivity index (χ0v) is 10.9. The monoisotopic (exact) mass is 267 g/mol. The molecule has 0 amide bonds. The molecule has 0 aromatic heterocycles. The van der Waals surface area contributed by atoms with E-state index in [4.69, 9.17) is 0 Å². The summed E-state index contributed by atoms with van der Waals surface area (Å²) < 4.78 is 39.9. The number of hydrogen-bond acceptors (Lipinski definition) is 1. The summed E-state index contributed by atoms with van der Waals surface area (Å²) in [5.74, 6) is 0. The standard InChI is InChI=1S/C15H16F3N/c1-3-19-14(2,15(16,17)18)13-9-8-11-6-4-5-7-12(11)10-13/h4-10,19H,3H2,1-2H3. The average Bonchev–Trinajstić information content (AvgIpc) is 2.37. The Balaban J connectivity index is 2.56. The van der Waals surface area contributed by atoms with E-state index < -0.39 is 11.7 Å². The Morgan fingerprint density at radius 2 is 1.63 bits per heavy atom. The van der Waals surface area contributed by atoms with Crippen molar-refractivity contribution in [3.63, 3.8) is 0 Å². The van der Waals surface area contributed by atoms with Gasteiger partial charge in [0.15, 0.2) is 0 Å². The Morgan fingerprint density at radius 1 is 1.00 bits per heavy atom. The zero-order chi connectivity index (χ0) is 14.1. The summed E-state index contributed by atoms with van der Waals surface area (Å²) in [6.07, 6.45) is -4.34. The van der Waals surface area contributed by atoms with Gasteiger partial charge < -0.3 is 5.32 Å². The van der Waals surface area contributed by atoms with E-state index in [9.17, 15) is 13.2 Å². The molecule has 2 aromatic carbocycles. The van der Waals surface area contributed by atoms with E-state index in [1.165, 1.54) is 6.92 Å². The lowest BCUT2D eigenvalue weighted by Crippen LogP contribution is -2.51. The smallest absolute Gasteiger partial charge is 0.300 e. The van der Waals surface area contributed by atoms with Gasteiger partial charge in [0.05, 0.1) is 0 Å². The van der Waals surface area contributed by atoms with Gasteiger partial charge in [-0.3, -0.25) is 0 Å². The maximum absolute atomic E-state index is 13.3. The van der Waals surface area contributed by atoms with Crippen LogP contribution in [0.1, 0.15) is 19.4 Å². The van der Waals surface area contributed by atoms with Crippen molar-refractivity contribution in [2.45, 2.75) is 25.6 Å². The molecule has 1 N–H and O–H groups in total. The van der Waals surface area contributed by atoms with Crippen LogP contribution >= 0.6 is 0 Å². The number of hydrogen-bond donors (Lipinski definition) is 1. The van der Waals surface area contributed by atoms with Crippen molar-refractivity contribution < 1.29 is 13.2 Å². The van der Waals surface area contributed by atoms with E-state index in [-0.39, 0.29) is 12.1 Å². The first-order valence-electron chi connectivity index (χ1n) is 6.19. The quantitative estimate of drug-likeness (QED) is 0.877.